The zero-order valence-electron chi connectivity index (χ0n) is 18.0. The zero-order chi connectivity index (χ0) is 22.9. The van der Waals surface area contributed by atoms with Gasteiger partial charge in [-0.3, -0.25) is 9.59 Å². The summed E-state index contributed by atoms with van der Waals surface area (Å²) in [6, 6.07) is 21.8. The molecular weight excluding hydrogens is 472 g/mol. The Labute approximate surface area is 196 Å². The van der Waals surface area contributed by atoms with Crippen molar-refractivity contribution >= 4 is 33.4 Å². The standard InChI is InChI=1S/C25H25BrN2O4/c1-28(17-18-7-4-3-5-8-18)25(30)20-9-6-10-21(15-20)27-24(29)19-11-12-23(22(26)16-19)32-14-13-31-2/h3-12,15-16H,13-14,17H2,1-2H3,(H,27,29). The number of carbonyl (C=O) groups excluding carboxylic acids is 2. The van der Waals surface area contributed by atoms with Gasteiger partial charge in [-0.05, 0) is 57.9 Å². The Morgan fingerprint density at radius 3 is 2.44 bits per heavy atom. The Bertz CT molecular complexity index is 1070. The predicted molar refractivity (Wildman–Crippen MR) is 128 cm³/mol. The largest absolute Gasteiger partial charge is 0.490 e. The first-order valence-corrected chi connectivity index (χ1v) is 10.9. The second-order valence-corrected chi connectivity index (χ2v) is 8.02. The minimum absolute atomic E-state index is 0.120. The number of nitrogens with one attached hydrogen (secondary N) is 1. The van der Waals surface area contributed by atoms with Gasteiger partial charge in [-0.15, -0.1) is 0 Å². The van der Waals surface area contributed by atoms with Crippen LogP contribution in [0.1, 0.15) is 26.3 Å². The highest BCUT2D eigenvalue weighted by atomic mass is 79.9. The molecule has 7 heteroatoms. The zero-order valence-corrected chi connectivity index (χ0v) is 19.6. The van der Waals surface area contributed by atoms with Crippen molar-refractivity contribution in [3.8, 4) is 5.75 Å². The van der Waals surface area contributed by atoms with Crippen LogP contribution in [0.2, 0.25) is 0 Å². The van der Waals surface area contributed by atoms with Crippen molar-refractivity contribution in [1.82, 2.24) is 4.90 Å². The number of carbonyl (C=O) groups is 2. The Balaban J connectivity index is 1.65. The number of hydrogen-bond donors (Lipinski definition) is 1. The highest BCUT2D eigenvalue weighted by Gasteiger charge is 2.14. The first-order chi connectivity index (χ1) is 15.5. The van der Waals surface area contributed by atoms with E-state index in [0.717, 1.165) is 5.56 Å². The third-order valence-corrected chi connectivity index (χ3v) is 5.34. The number of amides is 2. The lowest BCUT2D eigenvalue weighted by atomic mass is 10.1. The van der Waals surface area contributed by atoms with Crippen LogP contribution in [0.15, 0.2) is 77.3 Å². The smallest absolute Gasteiger partial charge is 0.255 e. The minimum atomic E-state index is -0.281. The van der Waals surface area contributed by atoms with E-state index in [4.69, 9.17) is 9.47 Å². The first-order valence-electron chi connectivity index (χ1n) is 10.1. The molecule has 3 rings (SSSR count). The van der Waals surface area contributed by atoms with E-state index in [1.165, 1.54) is 0 Å². The van der Waals surface area contributed by atoms with Crippen LogP contribution in [-0.2, 0) is 11.3 Å². The number of anilines is 1. The number of hydrogen-bond acceptors (Lipinski definition) is 4. The molecule has 0 spiro atoms. The van der Waals surface area contributed by atoms with E-state index >= 15 is 0 Å². The number of benzene rings is 3. The van der Waals surface area contributed by atoms with Gasteiger partial charge in [0.25, 0.3) is 11.8 Å². The summed E-state index contributed by atoms with van der Waals surface area (Å²) in [4.78, 5) is 27.2. The minimum Gasteiger partial charge on any atom is -0.490 e. The topological polar surface area (TPSA) is 67.9 Å². The van der Waals surface area contributed by atoms with Gasteiger partial charge >= 0.3 is 0 Å². The van der Waals surface area contributed by atoms with Crippen molar-refractivity contribution in [1.29, 1.82) is 0 Å². The van der Waals surface area contributed by atoms with Gasteiger partial charge in [0.1, 0.15) is 12.4 Å². The SMILES string of the molecule is COCCOc1ccc(C(=O)Nc2cccc(C(=O)N(C)Cc3ccccc3)c2)cc1Br. The summed E-state index contributed by atoms with van der Waals surface area (Å²) in [6.45, 7) is 1.40. The molecule has 0 aliphatic heterocycles. The molecule has 3 aromatic carbocycles. The average molecular weight is 497 g/mol. The molecule has 0 aliphatic carbocycles. The Morgan fingerprint density at radius 1 is 0.938 bits per heavy atom. The van der Waals surface area contributed by atoms with E-state index in [1.807, 2.05) is 30.3 Å². The highest BCUT2D eigenvalue weighted by molar-refractivity contribution is 9.10. The lowest BCUT2D eigenvalue weighted by Gasteiger charge is -2.18. The van der Waals surface area contributed by atoms with Crippen LogP contribution in [-0.4, -0.2) is 44.1 Å². The molecule has 3 aromatic rings. The van der Waals surface area contributed by atoms with Gasteiger partial charge in [-0.25, -0.2) is 0 Å². The maximum atomic E-state index is 12.8. The van der Waals surface area contributed by atoms with Crippen LogP contribution in [0.5, 0.6) is 5.75 Å². The van der Waals surface area contributed by atoms with E-state index in [1.54, 1.807) is 61.5 Å². The van der Waals surface area contributed by atoms with Crippen molar-refractivity contribution < 1.29 is 19.1 Å². The molecule has 166 valence electrons. The van der Waals surface area contributed by atoms with Gasteiger partial charge in [0.05, 0.1) is 11.1 Å². The number of ether oxygens (including phenoxy) is 2. The van der Waals surface area contributed by atoms with Gasteiger partial charge < -0.3 is 19.7 Å². The fourth-order valence-corrected chi connectivity index (χ4v) is 3.57. The van der Waals surface area contributed by atoms with Crippen molar-refractivity contribution in [2.24, 2.45) is 0 Å². The van der Waals surface area contributed by atoms with Crippen molar-refractivity contribution in [3.63, 3.8) is 0 Å². The van der Waals surface area contributed by atoms with Gasteiger partial charge in [0.2, 0.25) is 0 Å². The molecule has 0 heterocycles. The molecule has 0 radical (unpaired) electrons. The summed E-state index contributed by atoms with van der Waals surface area (Å²) in [6.07, 6.45) is 0. The summed E-state index contributed by atoms with van der Waals surface area (Å²) in [5.74, 6) is 0.231. The second kappa shape index (κ2) is 11.5. The lowest BCUT2D eigenvalue weighted by molar-refractivity contribution is 0.0784. The van der Waals surface area contributed by atoms with Crippen LogP contribution in [0.3, 0.4) is 0 Å². The first kappa shape index (κ1) is 23.5. The van der Waals surface area contributed by atoms with E-state index in [-0.39, 0.29) is 11.8 Å². The number of methoxy groups -OCH3 is 1. The van der Waals surface area contributed by atoms with Gasteiger partial charge in [0, 0.05) is 37.5 Å². The molecule has 0 unspecified atom stereocenters. The molecular formula is C25H25BrN2O4. The highest BCUT2D eigenvalue weighted by Crippen LogP contribution is 2.26. The molecule has 0 aromatic heterocycles. The molecule has 6 nitrogen and oxygen atoms in total. The summed E-state index contributed by atoms with van der Waals surface area (Å²) in [5, 5.41) is 2.85. The van der Waals surface area contributed by atoms with Crippen LogP contribution in [0.4, 0.5) is 5.69 Å². The van der Waals surface area contributed by atoms with E-state index in [9.17, 15) is 9.59 Å². The van der Waals surface area contributed by atoms with Crippen molar-refractivity contribution in [3.05, 3.63) is 94.0 Å². The Morgan fingerprint density at radius 2 is 1.72 bits per heavy atom. The van der Waals surface area contributed by atoms with E-state index in [2.05, 4.69) is 21.2 Å². The summed E-state index contributed by atoms with van der Waals surface area (Å²) >= 11 is 3.43. The van der Waals surface area contributed by atoms with Gasteiger partial charge in [-0.1, -0.05) is 36.4 Å². The third kappa shape index (κ3) is 6.42. The second-order valence-electron chi connectivity index (χ2n) is 7.17. The fraction of sp³-hybridized carbons (Fsp3) is 0.200. The molecule has 2 amide bonds. The maximum Gasteiger partial charge on any atom is 0.255 e. The van der Waals surface area contributed by atoms with E-state index in [0.29, 0.717) is 46.8 Å². The number of nitrogens with zero attached hydrogens (tertiary/aromatic N) is 1. The summed E-state index contributed by atoms with van der Waals surface area (Å²) in [7, 11) is 3.37. The maximum absolute atomic E-state index is 12.8. The van der Waals surface area contributed by atoms with Crippen LogP contribution < -0.4 is 10.1 Å². The normalized spacial score (nSPS) is 10.5. The monoisotopic (exact) mass is 496 g/mol. The van der Waals surface area contributed by atoms with Gasteiger partial charge in [0.15, 0.2) is 0 Å². The Kier molecular flexibility index (Phi) is 8.41. The van der Waals surface area contributed by atoms with Crippen LogP contribution in [0, 0.1) is 0 Å². The summed E-state index contributed by atoms with van der Waals surface area (Å²) < 4.78 is 11.2. The molecule has 0 saturated carbocycles. The predicted octanol–water partition coefficient (Wildman–Crippen LogP) is 5.00. The average Bonchev–Trinajstić information content (AvgIpc) is 2.80. The van der Waals surface area contributed by atoms with Crippen LogP contribution >= 0.6 is 15.9 Å². The molecule has 0 saturated heterocycles. The van der Waals surface area contributed by atoms with Gasteiger partial charge in [-0.2, -0.15) is 0 Å². The van der Waals surface area contributed by atoms with Crippen molar-refractivity contribution in [2.75, 3.05) is 32.7 Å². The molecule has 0 bridgehead atoms. The Hall–Kier alpha value is -3.16. The fourth-order valence-electron chi connectivity index (χ4n) is 3.08. The molecule has 1 N–H and O–H groups in total. The molecule has 0 aliphatic rings. The third-order valence-electron chi connectivity index (χ3n) is 4.72. The quantitative estimate of drug-likeness (QED) is 0.423. The summed E-state index contributed by atoms with van der Waals surface area (Å²) in [5.41, 5.74) is 2.57. The molecule has 32 heavy (non-hydrogen) atoms. The molecule has 0 fully saturated rings. The number of rotatable bonds is 9. The van der Waals surface area contributed by atoms with Crippen molar-refractivity contribution in [2.45, 2.75) is 6.54 Å². The van der Waals surface area contributed by atoms with Crippen LogP contribution in [0.25, 0.3) is 0 Å². The number of halogens is 1. The lowest BCUT2D eigenvalue weighted by Crippen LogP contribution is -2.26. The molecule has 0 atom stereocenters. The van der Waals surface area contributed by atoms with E-state index < -0.39 is 0 Å².